The number of pyridine rings is 1. The standard InChI is InChI=1S/C20H12FN3/c21-16-4-5-20-18(9-16)19(12-24-20)15(10-22)8-13-2-1-3-14-11-23-7-6-17(13)14/h1-9,11-12,24H/b15-8+. The highest BCUT2D eigenvalue weighted by atomic mass is 19.1. The number of hydrogen-bond donors (Lipinski definition) is 1. The zero-order valence-corrected chi connectivity index (χ0v) is 12.6. The van der Waals surface area contributed by atoms with Gasteiger partial charge in [0.2, 0.25) is 0 Å². The van der Waals surface area contributed by atoms with E-state index in [1.165, 1.54) is 12.1 Å². The Bertz CT molecular complexity index is 1130. The van der Waals surface area contributed by atoms with Gasteiger partial charge in [-0.1, -0.05) is 18.2 Å². The van der Waals surface area contributed by atoms with Gasteiger partial charge >= 0.3 is 0 Å². The molecule has 0 aliphatic carbocycles. The third kappa shape index (κ3) is 2.33. The van der Waals surface area contributed by atoms with E-state index >= 15 is 0 Å². The number of H-pyrrole nitrogens is 1. The lowest BCUT2D eigenvalue weighted by Gasteiger charge is -2.03. The van der Waals surface area contributed by atoms with E-state index in [2.05, 4.69) is 16.0 Å². The molecule has 4 aromatic rings. The highest BCUT2D eigenvalue weighted by molar-refractivity contribution is 6.04. The molecule has 0 bridgehead atoms. The van der Waals surface area contributed by atoms with Crippen LogP contribution in [0.2, 0.25) is 0 Å². The maximum absolute atomic E-state index is 13.6. The number of nitrogens with one attached hydrogen (secondary N) is 1. The predicted molar refractivity (Wildman–Crippen MR) is 93.5 cm³/mol. The van der Waals surface area contributed by atoms with Gasteiger partial charge in [-0.15, -0.1) is 0 Å². The van der Waals surface area contributed by atoms with E-state index in [0.29, 0.717) is 16.5 Å². The molecule has 0 saturated carbocycles. The Morgan fingerprint density at radius 3 is 2.96 bits per heavy atom. The van der Waals surface area contributed by atoms with Crippen LogP contribution in [-0.4, -0.2) is 9.97 Å². The average molecular weight is 313 g/mol. The van der Waals surface area contributed by atoms with Crippen LogP contribution < -0.4 is 0 Å². The molecule has 24 heavy (non-hydrogen) atoms. The molecule has 114 valence electrons. The number of allylic oxidation sites excluding steroid dienone is 1. The molecule has 0 radical (unpaired) electrons. The maximum Gasteiger partial charge on any atom is 0.123 e. The Labute approximate surface area is 137 Å². The third-order valence-corrected chi connectivity index (χ3v) is 4.07. The number of nitriles is 1. The minimum Gasteiger partial charge on any atom is -0.361 e. The van der Waals surface area contributed by atoms with E-state index in [1.807, 2.05) is 30.3 Å². The minimum absolute atomic E-state index is 0.322. The number of aromatic nitrogens is 2. The minimum atomic E-state index is -0.322. The zero-order chi connectivity index (χ0) is 16.5. The monoisotopic (exact) mass is 313 g/mol. The molecule has 0 spiro atoms. The number of hydrogen-bond acceptors (Lipinski definition) is 2. The Morgan fingerprint density at radius 2 is 2.08 bits per heavy atom. The molecule has 4 heteroatoms. The number of halogens is 1. The summed E-state index contributed by atoms with van der Waals surface area (Å²) in [6, 6.07) is 14.5. The quantitative estimate of drug-likeness (QED) is 0.534. The van der Waals surface area contributed by atoms with E-state index in [9.17, 15) is 9.65 Å². The summed E-state index contributed by atoms with van der Waals surface area (Å²) in [5.41, 5.74) is 2.90. The van der Waals surface area contributed by atoms with E-state index in [0.717, 1.165) is 21.9 Å². The van der Waals surface area contributed by atoms with Crippen molar-refractivity contribution in [2.75, 3.05) is 0 Å². The first-order chi connectivity index (χ1) is 11.8. The first-order valence-electron chi connectivity index (χ1n) is 7.48. The molecule has 0 aliphatic heterocycles. The summed E-state index contributed by atoms with van der Waals surface area (Å²) in [5.74, 6) is -0.322. The molecule has 0 unspecified atom stereocenters. The lowest BCUT2D eigenvalue weighted by Crippen LogP contribution is -1.84. The normalized spacial score (nSPS) is 11.8. The summed E-state index contributed by atoms with van der Waals surface area (Å²) >= 11 is 0. The second-order valence-electron chi connectivity index (χ2n) is 5.51. The van der Waals surface area contributed by atoms with E-state index in [4.69, 9.17) is 0 Å². The van der Waals surface area contributed by atoms with Gasteiger partial charge in [0.05, 0.1) is 11.6 Å². The van der Waals surface area contributed by atoms with Crippen LogP contribution in [0.1, 0.15) is 11.1 Å². The highest BCUT2D eigenvalue weighted by Crippen LogP contribution is 2.28. The van der Waals surface area contributed by atoms with Crippen molar-refractivity contribution < 1.29 is 4.39 Å². The van der Waals surface area contributed by atoms with Gasteiger partial charge in [-0.05, 0) is 41.3 Å². The fourth-order valence-corrected chi connectivity index (χ4v) is 2.91. The van der Waals surface area contributed by atoms with Gasteiger partial charge < -0.3 is 4.98 Å². The average Bonchev–Trinajstić information content (AvgIpc) is 3.02. The second-order valence-corrected chi connectivity index (χ2v) is 5.51. The van der Waals surface area contributed by atoms with Crippen molar-refractivity contribution in [2.45, 2.75) is 0 Å². The van der Waals surface area contributed by atoms with Crippen molar-refractivity contribution in [3.8, 4) is 6.07 Å². The lowest BCUT2D eigenvalue weighted by atomic mass is 10.00. The smallest absolute Gasteiger partial charge is 0.123 e. The molecule has 4 rings (SSSR count). The van der Waals surface area contributed by atoms with Gasteiger partial charge in [-0.3, -0.25) is 4.98 Å². The molecule has 2 aromatic heterocycles. The van der Waals surface area contributed by atoms with Gasteiger partial charge in [0.1, 0.15) is 5.82 Å². The summed E-state index contributed by atoms with van der Waals surface area (Å²) in [5, 5.41) is 12.3. The van der Waals surface area contributed by atoms with Crippen LogP contribution in [0.25, 0.3) is 33.3 Å². The Kier molecular flexibility index (Phi) is 3.33. The van der Waals surface area contributed by atoms with Gasteiger partial charge in [0, 0.05) is 40.4 Å². The van der Waals surface area contributed by atoms with Crippen LogP contribution in [0.4, 0.5) is 4.39 Å². The number of fused-ring (bicyclic) bond motifs is 2. The van der Waals surface area contributed by atoms with Crippen LogP contribution in [-0.2, 0) is 0 Å². The van der Waals surface area contributed by atoms with E-state index in [1.54, 1.807) is 24.7 Å². The molecule has 2 aromatic carbocycles. The Hall–Kier alpha value is -3.45. The van der Waals surface area contributed by atoms with Gasteiger partial charge in [0.15, 0.2) is 0 Å². The fraction of sp³-hybridized carbons (Fsp3) is 0. The van der Waals surface area contributed by atoms with Crippen LogP contribution in [0.15, 0.2) is 61.1 Å². The largest absolute Gasteiger partial charge is 0.361 e. The summed E-state index contributed by atoms with van der Waals surface area (Å²) in [6.07, 6.45) is 7.09. The van der Waals surface area contributed by atoms with Gasteiger partial charge in [-0.2, -0.15) is 5.26 Å². The summed E-state index contributed by atoms with van der Waals surface area (Å²) < 4.78 is 13.6. The van der Waals surface area contributed by atoms with Crippen molar-refractivity contribution in [3.63, 3.8) is 0 Å². The Morgan fingerprint density at radius 1 is 1.17 bits per heavy atom. The third-order valence-electron chi connectivity index (χ3n) is 4.07. The van der Waals surface area contributed by atoms with Crippen molar-refractivity contribution >= 4 is 33.3 Å². The molecule has 0 fully saturated rings. The zero-order valence-electron chi connectivity index (χ0n) is 12.6. The topological polar surface area (TPSA) is 52.5 Å². The van der Waals surface area contributed by atoms with Crippen LogP contribution in [0, 0.1) is 17.1 Å². The van der Waals surface area contributed by atoms with Crippen LogP contribution in [0.3, 0.4) is 0 Å². The molecule has 0 atom stereocenters. The molecule has 2 heterocycles. The fourth-order valence-electron chi connectivity index (χ4n) is 2.91. The SMILES string of the molecule is N#C/C(=C\c1cccc2cnccc12)c1c[nH]c2ccc(F)cc12. The summed E-state index contributed by atoms with van der Waals surface area (Å²) in [6.45, 7) is 0. The maximum atomic E-state index is 13.6. The molecule has 1 N–H and O–H groups in total. The lowest BCUT2D eigenvalue weighted by molar-refractivity contribution is 0.629. The molecule has 0 saturated heterocycles. The molecule has 0 amide bonds. The number of rotatable bonds is 2. The van der Waals surface area contributed by atoms with Crippen LogP contribution in [0.5, 0.6) is 0 Å². The van der Waals surface area contributed by atoms with Gasteiger partial charge in [-0.25, -0.2) is 4.39 Å². The van der Waals surface area contributed by atoms with Crippen LogP contribution >= 0.6 is 0 Å². The van der Waals surface area contributed by atoms with Crippen molar-refractivity contribution in [1.29, 1.82) is 5.26 Å². The van der Waals surface area contributed by atoms with E-state index in [-0.39, 0.29) is 5.82 Å². The molecular weight excluding hydrogens is 301 g/mol. The molecule has 3 nitrogen and oxygen atoms in total. The van der Waals surface area contributed by atoms with Crippen molar-refractivity contribution in [3.05, 3.63) is 78.0 Å². The number of nitrogens with zero attached hydrogens (tertiary/aromatic N) is 2. The van der Waals surface area contributed by atoms with Crippen molar-refractivity contribution in [1.82, 2.24) is 9.97 Å². The Balaban J connectivity index is 1.93. The van der Waals surface area contributed by atoms with Gasteiger partial charge in [0.25, 0.3) is 0 Å². The highest BCUT2D eigenvalue weighted by Gasteiger charge is 2.10. The van der Waals surface area contributed by atoms with E-state index < -0.39 is 0 Å². The predicted octanol–water partition coefficient (Wildman–Crippen LogP) is 4.92. The summed E-state index contributed by atoms with van der Waals surface area (Å²) in [7, 11) is 0. The molecule has 0 aliphatic rings. The summed E-state index contributed by atoms with van der Waals surface area (Å²) in [4.78, 5) is 7.21. The first kappa shape index (κ1) is 14.2. The number of aromatic amines is 1. The first-order valence-corrected chi connectivity index (χ1v) is 7.48. The second kappa shape index (κ2) is 5.64. The molecular formula is C20H12FN3. The number of benzene rings is 2. The van der Waals surface area contributed by atoms with Crippen molar-refractivity contribution in [2.24, 2.45) is 0 Å².